The van der Waals surface area contributed by atoms with Crippen molar-refractivity contribution in [3.05, 3.63) is 48.5 Å². The molecular weight excluding hydrogens is 224 g/mol. The van der Waals surface area contributed by atoms with Crippen LogP contribution in [0.2, 0.25) is 0 Å². The summed E-state index contributed by atoms with van der Waals surface area (Å²) in [7, 11) is 0. The minimum atomic E-state index is 0.736. The van der Waals surface area contributed by atoms with Crippen LogP contribution in [0.15, 0.2) is 48.5 Å². The molecule has 0 bridgehead atoms. The molecule has 3 heteroatoms. The van der Waals surface area contributed by atoms with Crippen LogP contribution in [0.4, 0.5) is 17.1 Å². The van der Waals surface area contributed by atoms with Crippen molar-refractivity contribution in [1.29, 1.82) is 0 Å². The van der Waals surface area contributed by atoms with Crippen molar-refractivity contribution < 1.29 is 4.74 Å². The lowest BCUT2D eigenvalue weighted by molar-refractivity contribution is 0.323. The van der Waals surface area contributed by atoms with E-state index in [2.05, 4.69) is 29.2 Å². The number of fused-ring (bicyclic) bond motifs is 1. The van der Waals surface area contributed by atoms with Crippen molar-refractivity contribution in [1.82, 2.24) is 0 Å². The lowest BCUT2D eigenvalue weighted by atomic mass is 10.2. The SMILES string of the molecule is Nc1ccc2c(c1)OCCCN2c1ccccc1. The van der Waals surface area contributed by atoms with Gasteiger partial charge in [0, 0.05) is 24.0 Å². The second-order valence-corrected chi connectivity index (χ2v) is 4.42. The zero-order valence-electron chi connectivity index (χ0n) is 10.2. The second kappa shape index (κ2) is 4.61. The van der Waals surface area contributed by atoms with Crippen LogP contribution in [-0.4, -0.2) is 13.2 Å². The van der Waals surface area contributed by atoms with E-state index in [1.807, 2.05) is 24.3 Å². The molecule has 3 nitrogen and oxygen atoms in total. The predicted octanol–water partition coefficient (Wildman–Crippen LogP) is 3.19. The Kier molecular flexibility index (Phi) is 2.81. The van der Waals surface area contributed by atoms with Crippen molar-refractivity contribution in [3.8, 4) is 5.75 Å². The van der Waals surface area contributed by atoms with Gasteiger partial charge in [0.1, 0.15) is 5.75 Å². The summed E-state index contributed by atoms with van der Waals surface area (Å²) in [6.07, 6.45) is 1.00. The normalized spacial score (nSPS) is 14.6. The molecule has 92 valence electrons. The number of nitrogen functional groups attached to an aromatic ring is 1. The molecule has 0 amide bonds. The van der Waals surface area contributed by atoms with E-state index < -0.39 is 0 Å². The first kappa shape index (κ1) is 11.0. The van der Waals surface area contributed by atoms with Gasteiger partial charge < -0.3 is 15.4 Å². The summed E-state index contributed by atoms with van der Waals surface area (Å²) in [6, 6.07) is 16.2. The quantitative estimate of drug-likeness (QED) is 0.778. The number of para-hydroxylation sites is 1. The molecule has 0 fully saturated rings. The van der Waals surface area contributed by atoms with Crippen LogP contribution in [0, 0.1) is 0 Å². The molecule has 2 aromatic carbocycles. The Morgan fingerprint density at radius 3 is 2.72 bits per heavy atom. The Morgan fingerprint density at radius 2 is 1.89 bits per heavy atom. The molecule has 18 heavy (non-hydrogen) atoms. The maximum Gasteiger partial charge on any atom is 0.144 e. The summed E-state index contributed by atoms with van der Waals surface area (Å²) >= 11 is 0. The van der Waals surface area contributed by atoms with E-state index in [4.69, 9.17) is 10.5 Å². The molecule has 3 rings (SSSR count). The average Bonchev–Trinajstić information content (AvgIpc) is 2.61. The molecule has 1 aliphatic heterocycles. The Bertz CT molecular complexity index is 539. The van der Waals surface area contributed by atoms with E-state index in [1.54, 1.807) is 0 Å². The fourth-order valence-corrected chi connectivity index (χ4v) is 2.27. The lowest BCUT2D eigenvalue weighted by Crippen LogP contribution is -2.17. The molecule has 0 aliphatic carbocycles. The van der Waals surface area contributed by atoms with Gasteiger partial charge in [0.25, 0.3) is 0 Å². The molecule has 1 heterocycles. The first-order valence-corrected chi connectivity index (χ1v) is 6.19. The van der Waals surface area contributed by atoms with Crippen LogP contribution in [0.3, 0.4) is 0 Å². The summed E-state index contributed by atoms with van der Waals surface area (Å²) in [5.41, 5.74) is 8.84. The van der Waals surface area contributed by atoms with Gasteiger partial charge in [-0.15, -0.1) is 0 Å². The number of hydrogen-bond donors (Lipinski definition) is 1. The van der Waals surface area contributed by atoms with Gasteiger partial charge in [0.15, 0.2) is 0 Å². The fraction of sp³-hybridized carbons (Fsp3) is 0.200. The summed E-state index contributed by atoms with van der Waals surface area (Å²) in [6.45, 7) is 1.70. The first-order chi connectivity index (χ1) is 8.84. The van der Waals surface area contributed by atoms with Gasteiger partial charge in [-0.25, -0.2) is 0 Å². The molecule has 1 aliphatic rings. The van der Waals surface area contributed by atoms with Crippen LogP contribution in [-0.2, 0) is 0 Å². The zero-order chi connectivity index (χ0) is 12.4. The molecule has 2 aromatic rings. The van der Waals surface area contributed by atoms with Gasteiger partial charge in [0.05, 0.1) is 12.3 Å². The van der Waals surface area contributed by atoms with Gasteiger partial charge in [-0.05, 0) is 30.7 Å². The van der Waals surface area contributed by atoms with Crippen LogP contribution >= 0.6 is 0 Å². The zero-order valence-corrected chi connectivity index (χ0v) is 10.2. The lowest BCUT2D eigenvalue weighted by Gasteiger charge is -2.24. The Labute approximate surface area is 107 Å². The van der Waals surface area contributed by atoms with Crippen LogP contribution in [0.1, 0.15) is 6.42 Å². The van der Waals surface area contributed by atoms with Crippen LogP contribution in [0.5, 0.6) is 5.75 Å². The van der Waals surface area contributed by atoms with E-state index in [0.717, 1.165) is 36.7 Å². The highest BCUT2D eigenvalue weighted by Crippen LogP contribution is 2.37. The third-order valence-electron chi connectivity index (χ3n) is 3.13. The standard InChI is InChI=1S/C15H16N2O/c16-12-7-8-14-15(11-12)18-10-4-9-17(14)13-5-2-1-3-6-13/h1-3,5-8,11H,4,9-10,16H2. The minimum Gasteiger partial charge on any atom is -0.491 e. The second-order valence-electron chi connectivity index (χ2n) is 4.42. The van der Waals surface area contributed by atoms with E-state index in [1.165, 1.54) is 5.69 Å². The minimum absolute atomic E-state index is 0.736. The molecule has 0 saturated heterocycles. The summed E-state index contributed by atoms with van der Waals surface area (Å²) in [4.78, 5) is 2.28. The summed E-state index contributed by atoms with van der Waals surface area (Å²) in [5.74, 6) is 0.872. The highest BCUT2D eigenvalue weighted by Gasteiger charge is 2.17. The first-order valence-electron chi connectivity index (χ1n) is 6.19. The van der Waals surface area contributed by atoms with Crippen LogP contribution in [0.25, 0.3) is 0 Å². The van der Waals surface area contributed by atoms with Gasteiger partial charge in [-0.3, -0.25) is 0 Å². The van der Waals surface area contributed by atoms with E-state index in [9.17, 15) is 0 Å². The Balaban J connectivity index is 2.07. The number of nitrogens with two attached hydrogens (primary N) is 1. The molecule has 0 saturated carbocycles. The summed E-state index contributed by atoms with van der Waals surface area (Å²) in [5, 5.41) is 0. The monoisotopic (exact) mass is 240 g/mol. The van der Waals surface area contributed by atoms with E-state index in [-0.39, 0.29) is 0 Å². The van der Waals surface area contributed by atoms with Gasteiger partial charge in [-0.2, -0.15) is 0 Å². The van der Waals surface area contributed by atoms with Crippen molar-refractivity contribution >= 4 is 17.1 Å². The molecule has 2 N–H and O–H groups in total. The Morgan fingerprint density at radius 1 is 1.06 bits per heavy atom. The predicted molar refractivity (Wildman–Crippen MR) is 74.4 cm³/mol. The number of benzene rings is 2. The smallest absolute Gasteiger partial charge is 0.144 e. The van der Waals surface area contributed by atoms with Gasteiger partial charge in [0.2, 0.25) is 0 Å². The van der Waals surface area contributed by atoms with Gasteiger partial charge in [-0.1, -0.05) is 18.2 Å². The number of rotatable bonds is 1. The number of anilines is 3. The summed E-state index contributed by atoms with van der Waals surface area (Å²) < 4.78 is 5.76. The molecule has 0 unspecified atom stereocenters. The average molecular weight is 240 g/mol. The molecular formula is C15H16N2O. The van der Waals surface area contributed by atoms with E-state index >= 15 is 0 Å². The third kappa shape index (κ3) is 1.99. The highest BCUT2D eigenvalue weighted by atomic mass is 16.5. The number of nitrogens with zero attached hydrogens (tertiary/aromatic N) is 1. The highest BCUT2D eigenvalue weighted by molar-refractivity contribution is 5.72. The van der Waals surface area contributed by atoms with Crippen molar-refractivity contribution in [2.24, 2.45) is 0 Å². The topological polar surface area (TPSA) is 38.5 Å². The molecule has 0 aromatic heterocycles. The number of ether oxygens (including phenoxy) is 1. The third-order valence-corrected chi connectivity index (χ3v) is 3.13. The fourth-order valence-electron chi connectivity index (χ4n) is 2.27. The van der Waals surface area contributed by atoms with E-state index in [0.29, 0.717) is 0 Å². The van der Waals surface area contributed by atoms with Crippen molar-refractivity contribution in [2.45, 2.75) is 6.42 Å². The molecule has 0 atom stereocenters. The molecule has 0 spiro atoms. The maximum absolute atomic E-state index is 5.82. The largest absolute Gasteiger partial charge is 0.491 e. The van der Waals surface area contributed by atoms with Gasteiger partial charge >= 0.3 is 0 Å². The van der Waals surface area contributed by atoms with Crippen molar-refractivity contribution in [3.63, 3.8) is 0 Å². The van der Waals surface area contributed by atoms with Crippen LogP contribution < -0.4 is 15.4 Å². The molecule has 0 radical (unpaired) electrons. The Hall–Kier alpha value is -2.16. The number of hydrogen-bond acceptors (Lipinski definition) is 3. The van der Waals surface area contributed by atoms with Crippen molar-refractivity contribution in [2.75, 3.05) is 23.8 Å². The maximum atomic E-state index is 5.82.